The number of thioether (sulfide) groups is 1. The molecule has 0 spiro atoms. The van der Waals surface area contributed by atoms with Crippen LogP contribution in [0, 0.1) is 0 Å². The number of rotatable bonds is 5. The first kappa shape index (κ1) is 13.7. The molecule has 0 amide bonds. The molecule has 0 fully saturated rings. The Bertz CT molecular complexity index is 492. The number of hydrogen-bond donors (Lipinski definition) is 3. The molecule has 0 heterocycles. The first-order valence-corrected chi connectivity index (χ1v) is 7.30. The second kappa shape index (κ2) is 5.78. The fourth-order valence-electron chi connectivity index (χ4n) is 1.04. The summed E-state index contributed by atoms with van der Waals surface area (Å²) in [6.07, 6.45) is 0. The van der Waals surface area contributed by atoms with Crippen LogP contribution < -0.4 is 17.2 Å². The number of nitrogens with zero attached hydrogens (tertiary/aromatic N) is 1. The van der Waals surface area contributed by atoms with Gasteiger partial charge in [0, 0.05) is 16.3 Å². The largest absolute Gasteiger partial charge is 0.399 e. The maximum Gasteiger partial charge on any atom is 0.257 e. The summed E-state index contributed by atoms with van der Waals surface area (Å²) in [4.78, 5) is 0.944. The third kappa shape index (κ3) is 5.45. The molecule has 0 aliphatic carbocycles. The van der Waals surface area contributed by atoms with Crippen molar-refractivity contribution in [2.45, 2.75) is 4.90 Å². The van der Waals surface area contributed by atoms with Crippen molar-refractivity contribution in [3.8, 4) is 0 Å². The Morgan fingerprint density at radius 2 is 1.82 bits per heavy atom. The van der Waals surface area contributed by atoms with Crippen LogP contribution >= 0.6 is 11.8 Å². The lowest BCUT2D eigenvalue weighted by molar-refractivity contribution is 0.599. The molecule has 1 aromatic carbocycles. The van der Waals surface area contributed by atoms with Gasteiger partial charge in [0.2, 0.25) is 5.96 Å². The molecule has 1 rings (SSSR count). The SMILES string of the molecule is NC(N)=NS(=O)(=O)CCSc1ccc(N)cc1. The van der Waals surface area contributed by atoms with Crippen molar-refractivity contribution in [2.24, 2.45) is 15.9 Å². The van der Waals surface area contributed by atoms with Gasteiger partial charge in [0.05, 0.1) is 5.75 Å². The molecule has 0 saturated heterocycles. The first-order valence-electron chi connectivity index (χ1n) is 4.71. The van der Waals surface area contributed by atoms with Crippen molar-refractivity contribution < 1.29 is 8.42 Å². The van der Waals surface area contributed by atoms with Crippen LogP contribution in [0.5, 0.6) is 0 Å². The van der Waals surface area contributed by atoms with E-state index in [1.807, 2.05) is 12.1 Å². The number of hydrogen-bond acceptors (Lipinski definition) is 4. The summed E-state index contributed by atoms with van der Waals surface area (Å²) >= 11 is 1.40. The van der Waals surface area contributed by atoms with Gasteiger partial charge in [0.1, 0.15) is 0 Å². The van der Waals surface area contributed by atoms with Gasteiger partial charge in [-0.2, -0.15) is 0 Å². The Hall–Kier alpha value is -1.41. The lowest BCUT2D eigenvalue weighted by Gasteiger charge is -2.01. The molecule has 0 aliphatic heterocycles. The molecule has 0 aliphatic rings. The molecule has 6 nitrogen and oxygen atoms in total. The van der Waals surface area contributed by atoms with Crippen LogP contribution in [-0.2, 0) is 10.0 Å². The molecule has 0 bridgehead atoms. The maximum absolute atomic E-state index is 11.3. The summed E-state index contributed by atoms with van der Waals surface area (Å²) in [7, 11) is -3.57. The fraction of sp³-hybridized carbons (Fsp3) is 0.222. The minimum atomic E-state index is -3.57. The van der Waals surface area contributed by atoms with Crippen molar-refractivity contribution >= 4 is 33.4 Å². The van der Waals surface area contributed by atoms with Crippen LogP contribution in [0.15, 0.2) is 33.6 Å². The van der Waals surface area contributed by atoms with Crippen LogP contribution in [0.1, 0.15) is 0 Å². The fourth-order valence-corrected chi connectivity index (χ4v) is 3.19. The van der Waals surface area contributed by atoms with Gasteiger partial charge in [-0.05, 0) is 24.3 Å². The lowest BCUT2D eigenvalue weighted by Crippen LogP contribution is -2.25. The maximum atomic E-state index is 11.3. The van der Waals surface area contributed by atoms with Crippen molar-refractivity contribution in [3.05, 3.63) is 24.3 Å². The molecule has 1 aromatic rings. The van der Waals surface area contributed by atoms with Gasteiger partial charge in [0.25, 0.3) is 10.0 Å². The molecular formula is C9H14N4O2S2. The Balaban J connectivity index is 2.48. The molecule has 0 atom stereocenters. The molecule has 0 unspecified atom stereocenters. The molecule has 6 N–H and O–H groups in total. The zero-order chi connectivity index (χ0) is 12.9. The molecule has 17 heavy (non-hydrogen) atoms. The zero-order valence-corrected chi connectivity index (χ0v) is 10.7. The van der Waals surface area contributed by atoms with Crippen molar-refractivity contribution in [3.63, 3.8) is 0 Å². The highest BCUT2D eigenvalue weighted by atomic mass is 32.2. The van der Waals surface area contributed by atoms with Crippen LogP contribution in [-0.4, -0.2) is 25.9 Å². The van der Waals surface area contributed by atoms with E-state index in [4.69, 9.17) is 17.2 Å². The smallest absolute Gasteiger partial charge is 0.257 e. The minimum absolute atomic E-state index is 0.111. The third-order valence-corrected chi connectivity index (χ3v) is 4.22. The van der Waals surface area contributed by atoms with E-state index in [0.717, 1.165) is 4.90 Å². The topological polar surface area (TPSA) is 125 Å². The summed E-state index contributed by atoms with van der Waals surface area (Å²) in [6.45, 7) is 0. The van der Waals surface area contributed by atoms with E-state index in [1.54, 1.807) is 12.1 Å². The number of sulfonamides is 1. The summed E-state index contributed by atoms with van der Waals surface area (Å²) in [5.74, 6) is -0.175. The van der Waals surface area contributed by atoms with E-state index in [0.29, 0.717) is 11.4 Å². The molecule has 8 heteroatoms. The number of benzene rings is 1. The minimum Gasteiger partial charge on any atom is -0.399 e. The number of guanidine groups is 1. The predicted octanol–water partition coefficient (Wildman–Crippen LogP) is -0.0359. The standard InChI is InChI=1S/C9H14N4O2S2/c10-7-1-3-8(4-2-7)16-5-6-17(14,15)13-9(11)12/h1-4H,5-6,10H2,(H4,11,12,13). The van der Waals surface area contributed by atoms with E-state index >= 15 is 0 Å². The second-order valence-corrected chi connectivity index (χ2v) is 6.14. The number of anilines is 1. The Morgan fingerprint density at radius 3 is 2.35 bits per heavy atom. The highest BCUT2D eigenvalue weighted by Gasteiger charge is 2.08. The predicted molar refractivity (Wildman–Crippen MR) is 71.2 cm³/mol. The van der Waals surface area contributed by atoms with Gasteiger partial charge in [-0.15, -0.1) is 16.2 Å². The summed E-state index contributed by atoms with van der Waals surface area (Å²) in [5, 5.41) is 0. The summed E-state index contributed by atoms with van der Waals surface area (Å²) < 4.78 is 25.8. The normalized spacial score (nSPS) is 11.1. The summed E-state index contributed by atoms with van der Waals surface area (Å²) in [6, 6.07) is 7.17. The number of nitrogens with two attached hydrogens (primary N) is 3. The van der Waals surface area contributed by atoms with Crippen LogP contribution in [0.2, 0.25) is 0 Å². The molecule has 94 valence electrons. The van der Waals surface area contributed by atoms with Crippen LogP contribution in [0.25, 0.3) is 0 Å². The van der Waals surface area contributed by atoms with Gasteiger partial charge in [-0.3, -0.25) is 0 Å². The lowest BCUT2D eigenvalue weighted by atomic mass is 10.3. The Kier molecular flexibility index (Phi) is 4.64. The van der Waals surface area contributed by atoms with Crippen LogP contribution in [0.3, 0.4) is 0 Å². The Labute approximate surface area is 104 Å². The zero-order valence-electron chi connectivity index (χ0n) is 9.04. The Morgan fingerprint density at radius 1 is 1.24 bits per heavy atom. The van der Waals surface area contributed by atoms with E-state index < -0.39 is 16.0 Å². The van der Waals surface area contributed by atoms with E-state index in [1.165, 1.54) is 11.8 Å². The van der Waals surface area contributed by atoms with E-state index in [-0.39, 0.29) is 5.75 Å². The molecular weight excluding hydrogens is 260 g/mol. The molecule has 0 aromatic heterocycles. The highest BCUT2D eigenvalue weighted by Crippen LogP contribution is 2.19. The van der Waals surface area contributed by atoms with E-state index in [2.05, 4.69) is 4.40 Å². The monoisotopic (exact) mass is 274 g/mol. The quantitative estimate of drug-likeness (QED) is 0.299. The van der Waals surface area contributed by atoms with Gasteiger partial charge in [-0.25, -0.2) is 8.42 Å². The van der Waals surface area contributed by atoms with Gasteiger partial charge >= 0.3 is 0 Å². The average Bonchev–Trinajstić information content (AvgIpc) is 2.18. The average molecular weight is 274 g/mol. The number of nitrogen functional groups attached to an aromatic ring is 1. The van der Waals surface area contributed by atoms with Crippen molar-refractivity contribution in [1.82, 2.24) is 0 Å². The van der Waals surface area contributed by atoms with Crippen LogP contribution in [0.4, 0.5) is 5.69 Å². The first-order chi connectivity index (χ1) is 7.89. The molecule has 0 saturated carbocycles. The summed E-state index contributed by atoms with van der Waals surface area (Å²) in [5.41, 5.74) is 16.2. The van der Waals surface area contributed by atoms with Gasteiger partial charge in [0.15, 0.2) is 0 Å². The second-order valence-electron chi connectivity index (χ2n) is 3.22. The van der Waals surface area contributed by atoms with E-state index in [9.17, 15) is 8.42 Å². The van der Waals surface area contributed by atoms with Crippen molar-refractivity contribution in [1.29, 1.82) is 0 Å². The van der Waals surface area contributed by atoms with Gasteiger partial charge in [-0.1, -0.05) is 0 Å². The highest BCUT2D eigenvalue weighted by molar-refractivity contribution is 8.00. The van der Waals surface area contributed by atoms with Crippen molar-refractivity contribution in [2.75, 3.05) is 17.2 Å². The van der Waals surface area contributed by atoms with Gasteiger partial charge < -0.3 is 17.2 Å². The third-order valence-electron chi connectivity index (χ3n) is 1.73. The molecule has 0 radical (unpaired) electrons.